The van der Waals surface area contributed by atoms with Gasteiger partial charge < -0.3 is 20.3 Å². The highest BCUT2D eigenvalue weighted by atomic mass is 35.5. The number of benzene rings is 2. The molecule has 1 saturated carbocycles. The molecule has 2 aromatic rings. The molecule has 8 heteroatoms. The Labute approximate surface area is 236 Å². The topological polar surface area (TPSA) is 87.7 Å². The zero-order chi connectivity index (χ0) is 29.1. The Balaban J connectivity index is 2.08. The van der Waals surface area contributed by atoms with Crippen LogP contribution >= 0.6 is 11.6 Å². The number of aryl methyl sites for hydroxylation is 1. The number of rotatable bonds is 9. The highest BCUT2D eigenvalue weighted by molar-refractivity contribution is 6.34. The van der Waals surface area contributed by atoms with Gasteiger partial charge in [-0.2, -0.15) is 0 Å². The minimum atomic E-state index is -0.968. The fourth-order valence-corrected chi connectivity index (χ4v) is 4.83. The van der Waals surface area contributed by atoms with Crippen molar-refractivity contribution in [2.45, 2.75) is 78.6 Å². The van der Waals surface area contributed by atoms with Crippen LogP contribution in [0.3, 0.4) is 0 Å². The summed E-state index contributed by atoms with van der Waals surface area (Å²) in [7, 11) is 0. The fraction of sp³-hybridized carbons (Fsp3) is 0.452. The van der Waals surface area contributed by atoms with Crippen molar-refractivity contribution in [2.75, 3.05) is 5.32 Å². The number of amides is 3. The van der Waals surface area contributed by atoms with Crippen LogP contribution in [0.2, 0.25) is 5.02 Å². The normalized spacial score (nSPS) is 18.1. The molecule has 2 aromatic carbocycles. The van der Waals surface area contributed by atoms with E-state index in [4.69, 9.17) is 16.3 Å². The van der Waals surface area contributed by atoms with Gasteiger partial charge in [0, 0.05) is 6.04 Å². The average Bonchev–Trinajstić information content (AvgIpc) is 3.57. The first-order valence-corrected chi connectivity index (χ1v) is 13.7. The van der Waals surface area contributed by atoms with Crippen LogP contribution in [0.15, 0.2) is 49.0 Å². The van der Waals surface area contributed by atoms with Crippen LogP contribution in [-0.2, 0) is 14.3 Å². The van der Waals surface area contributed by atoms with Crippen molar-refractivity contribution in [3.05, 3.63) is 70.8 Å². The molecule has 3 amide bonds. The summed E-state index contributed by atoms with van der Waals surface area (Å²) in [5.74, 6) is -0.788. The molecular formula is C31H40ClN3O4. The number of alkyl carbamates (subject to hydrolysis) is 1. The molecule has 4 atom stereocenters. The lowest BCUT2D eigenvalue weighted by Crippen LogP contribution is -2.55. The van der Waals surface area contributed by atoms with Crippen molar-refractivity contribution in [2.24, 2.45) is 11.8 Å². The van der Waals surface area contributed by atoms with E-state index in [9.17, 15) is 14.4 Å². The molecule has 0 bridgehead atoms. The van der Waals surface area contributed by atoms with Crippen LogP contribution in [0.25, 0.3) is 6.08 Å². The fourth-order valence-electron chi connectivity index (χ4n) is 4.56. The quantitative estimate of drug-likeness (QED) is 0.359. The third-order valence-corrected chi connectivity index (χ3v) is 7.06. The van der Waals surface area contributed by atoms with Crippen LogP contribution in [0.4, 0.5) is 10.5 Å². The molecule has 0 aromatic heterocycles. The molecule has 4 unspecified atom stereocenters. The molecule has 1 aliphatic rings. The first-order chi connectivity index (χ1) is 18.2. The molecule has 0 heterocycles. The van der Waals surface area contributed by atoms with E-state index in [0.29, 0.717) is 16.3 Å². The van der Waals surface area contributed by atoms with Crippen molar-refractivity contribution in [1.29, 1.82) is 0 Å². The summed E-state index contributed by atoms with van der Waals surface area (Å²) in [6.07, 6.45) is 1.77. The van der Waals surface area contributed by atoms with Gasteiger partial charge in [-0.3, -0.25) is 9.59 Å². The van der Waals surface area contributed by atoms with Crippen LogP contribution in [0, 0.1) is 18.8 Å². The Morgan fingerprint density at radius 3 is 2.33 bits per heavy atom. The largest absolute Gasteiger partial charge is 0.444 e. The standard InChI is InChI=1S/C31H40ClN3O4/c1-9-21-13-11-14-22(17-21)27(28(36)33-26-19(4)12-10-15-23(26)32)35(24-16-20(24)5)29(37)25(18(2)3)34-30(38)39-31(6,7)8/h9-15,17-18,20,24-25,27H,1,16H2,2-8H3,(H,33,36)(H,34,38). The Kier molecular flexibility index (Phi) is 9.49. The van der Waals surface area contributed by atoms with Crippen molar-refractivity contribution in [3.63, 3.8) is 0 Å². The number of hydrogen-bond acceptors (Lipinski definition) is 4. The first kappa shape index (κ1) is 30.2. The van der Waals surface area contributed by atoms with Gasteiger partial charge in [-0.15, -0.1) is 0 Å². The van der Waals surface area contributed by atoms with E-state index in [1.54, 1.807) is 37.8 Å². The Hall–Kier alpha value is -3.32. The SMILES string of the molecule is C=Cc1cccc(C(C(=O)Nc2c(C)cccc2Cl)N(C(=O)C(NC(=O)OC(C)(C)C)C(C)C)C2CC2C)c1. The summed E-state index contributed by atoms with van der Waals surface area (Å²) in [5, 5.41) is 6.16. The minimum Gasteiger partial charge on any atom is -0.444 e. The number of anilines is 1. The summed E-state index contributed by atoms with van der Waals surface area (Å²) in [5.41, 5.74) is 2.04. The number of halogens is 1. The molecular weight excluding hydrogens is 514 g/mol. The summed E-state index contributed by atoms with van der Waals surface area (Å²) < 4.78 is 5.45. The van der Waals surface area contributed by atoms with Gasteiger partial charge in [-0.05, 0) is 74.8 Å². The number of carbonyl (C=O) groups excluding carboxylic acids is 3. The van der Waals surface area contributed by atoms with E-state index >= 15 is 0 Å². The molecule has 3 rings (SSSR count). The molecule has 39 heavy (non-hydrogen) atoms. The lowest BCUT2D eigenvalue weighted by atomic mass is 9.97. The van der Waals surface area contributed by atoms with Crippen molar-refractivity contribution in [3.8, 4) is 0 Å². The van der Waals surface area contributed by atoms with Gasteiger partial charge in [0.05, 0.1) is 10.7 Å². The van der Waals surface area contributed by atoms with Crippen LogP contribution < -0.4 is 10.6 Å². The Bertz CT molecular complexity index is 1220. The average molecular weight is 554 g/mol. The van der Waals surface area contributed by atoms with E-state index in [-0.39, 0.29) is 29.7 Å². The number of nitrogens with zero attached hydrogens (tertiary/aromatic N) is 1. The van der Waals surface area contributed by atoms with Crippen LogP contribution in [-0.4, -0.2) is 40.5 Å². The Morgan fingerprint density at radius 2 is 1.79 bits per heavy atom. The minimum absolute atomic E-state index is 0.172. The van der Waals surface area contributed by atoms with E-state index in [1.165, 1.54) is 0 Å². The lowest BCUT2D eigenvalue weighted by molar-refractivity contribution is -0.142. The highest BCUT2D eigenvalue weighted by Crippen LogP contribution is 2.42. The monoisotopic (exact) mass is 553 g/mol. The number of nitrogens with one attached hydrogen (secondary N) is 2. The highest BCUT2D eigenvalue weighted by Gasteiger charge is 2.48. The maximum atomic E-state index is 14.3. The first-order valence-electron chi connectivity index (χ1n) is 13.3. The van der Waals surface area contributed by atoms with Crippen molar-refractivity contribution >= 4 is 41.3 Å². The summed E-state index contributed by atoms with van der Waals surface area (Å²) in [6, 6.07) is 10.8. The van der Waals surface area contributed by atoms with Gasteiger partial charge in [0.2, 0.25) is 5.91 Å². The predicted molar refractivity (Wildman–Crippen MR) is 157 cm³/mol. The molecule has 0 aliphatic heterocycles. The maximum absolute atomic E-state index is 14.3. The third-order valence-electron chi connectivity index (χ3n) is 6.74. The van der Waals surface area contributed by atoms with Crippen molar-refractivity contribution in [1.82, 2.24) is 10.2 Å². The van der Waals surface area contributed by atoms with Crippen molar-refractivity contribution < 1.29 is 19.1 Å². The summed E-state index contributed by atoms with van der Waals surface area (Å²) in [6.45, 7) is 16.8. The molecule has 1 aliphatic carbocycles. The van der Waals surface area contributed by atoms with E-state index in [1.807, 2.05) is 64.1 Å². The zero-order valence-electron chi connectivity index (χ0n) is 23.9. The second-order valence-corrected chi connectivity index (χ2v) is 12.0. The molecule has 0 saturated heterocycles. The van der Waals surface area contributed by atoms with Gasteiger partial charge in [-0.25, -0.2) is 4.79 Å². The number of hydrogen-bond donors (Lipinski definition) is 2. The van der Waals surface area contributed by atoms with Gasteiger partial charge in [0.15, 0.2) is 0 Å². The predicted octanol–water partition coefficient (Wildman–Crippen LogP) is 6.76. The van der Waals surface area contributed by atoms with E-state index < -0.39 is 23.8 Å². The van der Waals surface area contributed by atoms with E-state index in [2.05, 4.69) is 17.2 Å². The Morgan fingerprint density at radius 1 is 1.15 bits per heavy atom. The molecule has 0 radical (unpaired) electrons. The maximum Gasteiger partial charge on any atom is 0.408 e. The third kappa shape index (κ3) is 7.63. The second kappa shape index (κ2) is 12.2. The summed E-state index contributed by atoms with van der Waals surface area (Å²) in [4.78, 5) is 42.8. The van der Waals surface area contributed by atoms with Gasteiger partial charge >= 0.3 is 6.09 Å². The molecule has 210 valence electrons. The second-order valence-electron chi connectivity index (χ2n) is 11.6. The number of para-hydroxylation sites is 1. The molecule has 7 nitrogen and oxygen atoms in total. The van der Waals surface area contributed by atoms with Gasteiger partial charge in [-0.1, -0.05) is 75.4 Å². The number of carbonyl (C=O) groups is 3. The smallest absolute Gasteiger partial charge is 0.408 e. The van der Waals surface area contributed by atoms with E-state index in [0.717, 1.165) is 17.5 Å². The van der Waals surface area contributed by atoms with Crippen LogP contribution in [0.5, 0.6) is 0 Å². The zero-order valence-corrected chi connectivity index (χ0v) is 24.6. The number of ether oxygens (including phenoxy) is 1. The van der Waals surface area contributed by atoms with Crippen LogP contribution in [0.1, 0.15) is 70.7 Å². The van der Waals surface area contributed by atoms with Gasteiger partial charge in [0.1, 0.15) is 17.7 Å². The lowest BCUT2D eigenvalue weighted by Gasteiger charge is -2.36. The summed E-state index contributed by atoms with van der Waals surface area (Å²) >= 11 is 6.44. The molecule has 1 fully saturated rings. The molecule has 0 spiro atoms. The van der Waals surface area contributed by atoms with Gasteiger partial charge in [0.25, 0.3) is 5.91 Å². The molecule has 2 N–H and O–H groups in total.